The molecule has 1 aromatic rings. The first-order valence-corrected chi connectivity index (χ1v) is 5.30. The fraction of sp³-hybridized carbons (Fsp3) is 0.333. The van der Waals surface area contributed by atoms with Crippen molar-refractivity contribution in [2.24, 2.45) is 5.73 Å². The zero-order valence-electron chi connectivity index (χ0n) is 9.68. The highest BCUT2D eigenvalue weighted by Gasteiger charge is 2.11. The molecule has 5 nitrogen and oxygen atoms in total. The first-order chi connectivity index (χ1) is 8.09. The highest BCUT2D eigenvalue weighted by molar-refractivity contribution is 5.86. The van der Waals surface area contributed by atoms with Crippen LogP contribution in [0.25, 0.3) is 0 Å². The van der Waals surface area contributed by atoms with Gasteiger partial charge in [0.05, 0.1) is 6.61 Å². The van der Waals surface area contributed by atoms with Crippen molar-refractivity contribution in [1.82, 2.24) is 5.32 Å². The van der Waals surface area contributed by atoms with Crippen molar-refractivity contribution in [2.75, 3.05) is 6.61 Å². The Labute approximate surface area is 99.9 Å². The molecule has 92 valence electrons. The van der Waals surface area contributed by atoms with Gasteiger partial charge in [-0.1, -0.05) is 30.3 Å². The van der Waals surface area contributed by atoms with Crippen LogP contribution in [-0.2, 0) is 20.9 Å². The molecule has 0 spiro atoms. The van der Waals surface area contributed by atoms with Gasteiger partial charge in [-0.2, -0.15) is 0 Å². The van der Waals surface area contributed by atoms with E-state index in [1.165, 1.54) is 6.92 Å². The van der Waals surface area contributed by atoms with Crippen LogP contribution >= 0.6 is 0 Å². The minimum Gasteiger partial charge on any atom is -0.368 e. The van der Waals surface area contributed by atoms with Crippen LogP contribution in [-0.4, -0.2) is 24.5 Å². The molecule has 1 rings (SSSR count). The molecule has 0 aliphatic rings. The van der Waals surface area contributed by atoms with Crippen molar-refractivity contribution < 1.29 is 14.3 Å². The summed E-state index contributed by atoms with van der Waals surface area (Å²) in [6.45, 7) is 1.79. The summed E-state index contributed by atoms with van der Waals surface area (Å²) in [5, 5.41) is 2.43. The molecule has 17 heavy (non-hydrogen) atoms. The fourth-order valence-electron chi connectivity index (χ4n) is 1.19. The molecule has 3 N–H and O–H groups in total. The first-order valence-electron chi connectivity index (χ1n) is 5.30. The Morgan fingerprint density at radius 1 is 1.35 bits per heavy atom. The number of primary amides is 1. The average Bonchev–Trinajstić information content (AvgIpc) is 2.30. The molecule has 0 fully saturated rings. The van der Waals surface area contributed by atoms with Gasteiger partial charge in [-0.25, -0.2) is 0 Å². The van der Waals surface area contributed by atoms with Gasteiger partial charge in [0.25, 0.3) is 0 Å². The second-order valence-corrected chi connectivity index (χ2v) is 3.67. The minimum atomic E-state index is -0.678. The van der Waals surface area contributed by atoms with E-state index in [1.54, 1.807) is 0 Å². The van der Waals surface area contributed by atoms with Crippen molar-refractivity contribution in [1.29, 1.82) is 0 Å². The van der Waals surface area contributed by atoms with Crippen LogP contribution in [0.1, 0.15) is 12.5 Å². The van der Waals surface area contributed by atoms with Crippen molar-refractivity contribution in [3.63, 3.8) is 0 Å². The van der Waals surface area contributed by atoms with Gasteiger partial charge >= 0.3 is 0 Å². The molecule has 0 bridgehead atoms. The van der Waals surface area contributed by atoms with E-state index in [1.807, 2.05) is 30.3 Å². The molecule has 1 atom stereocenters. The summed E-state index contributed by atoms with van der Waals surface area (Å²) in [4.78, 5) is 22.0. The smallest absolute Gasteiger partial charge is 0.246 e. The fourth-order valence-corrected chi connectivity index (χ4v) is 1.19. The second-order valence-electron chi connectivity index (χ2n) is 3.67. The third kappa shape index (κ3) is 5.12. The van der Waals surface area contributed by atoms with Gasteiger partial charge < -0.3 is 15.8 Å². The topological polar surface area (TPSA) is 81.4 Å². The SMILES string of the molecule is CC(NC(=O)COCc1ccccc1)C(N)=O. The molecular formula is C12H16N2O3. The molecule has 0 radical (unpaired) electrons. The summed E-state index contributed by atoms with van der Waals surface area (Å²) in [6.07, 6.45) is 0. The van der Waals surface area contributed by atoms with Crippen molar-refractivity contribution in [2.45, 2.75) is 19.6 Å². The van der Waals surface area contributed by atoms with Crippen LogP contribution < -0.4 is 11.1 Å². The van der Waals surface area contributed by atoms with Crippen LogP contribution in [0.2, 0.25) is 0 Å². The van der Waals surface area contributed by atoms with Crippen LogP contribution in [0, 0.1) is 0 Å². The van der Waals surface area contributed by atoms with Gasteiger partial charge in [0.1, 0.15) is 12.6 Å². The van der Waals surface area contributed by atoms with E-state index >= 15 is 0 Å². The standard InChI is InChI=1S/C12H16N2O3/c1-9(12(13)16)14-11(15)8-17-7-10-5-3-2-4-6-10/h2-6,9H,7-8H2,1H3,(H2,13,16)(H,14,15). The van der Waals surface area contributed by atoms with Crippen LogP contribution in [0.4, 0.5) is 0 Å². The van der Waals surface area contributed by atoms with E-state index in [0.717, 1.165) is 5.56 Å². The lowest BCUT2D eigenvalue weighted by atomic mass is 10.2. The molecule has 1 unspecified atom stereocenters. The van der Waals surface area contributed by atoms with Gasteiger partial charge in [-0.15, -0.1) is 0 Å². The second kappa shape index (κ2) is 6.65. The maximum absolute atomic E-state index is 11.3. The number of hydrogen-bond acceptors (Lipinski definition) is 3. The minimum absolute atomic E-state index is 0.0908. The van der Waals surface area contributed by atoms with Gasteiger partial charge in [0.15, 0.2) is 0 Å². The molecule has 0 aliphatic heterocycles. The molecule has 0 saturated carbocycles. The zero-order chi connectivity index (χ0) is 12.7. The highest BCUT2D eigenvalue weighted by Crippen LogP contribution is 1.99. The van der Waals surface area contributed by atoms with E-state index in [2.05, 4.69) is 5.32 Å². The number of carbonyl (C=O) groups is 2. The Morgan fingerprint density at radius 3 is 2.59 bits per heavy atom. The number of ether oxygens (including phenoxy) is 1. The maximum Gasteiger partial charge on any atom is 0.246 e. The van der Waals surface area contributed by atoms with Gasteiger partial charge in [0.2, 0.25) is 11.8 Å². The summed E-state index contributed by atoms with van der Waals surface area (Å²) < 4.78 is 5.20. The quantitative estimate of drug-likeness (QED) is 0.740. The number of hydrogen-bond donors (Lipinski definition) is 2. The monoisotopic (exact) mass is 236 g/mol. The average molecular weight is 236 g/mol. The Kier molecular flexibility index (Phi) is 5.16. The van der Waals surface area contributed by atoms with E-state index in [-0.39, 0.29) is 12.5 Å². The lowest BCUT2D eigenvalue weighted by Gasteiger charge is -2.10. The maximum atomic E-state index is 11.3. The summed E-state index contributed by atoms with van der Waals surface area (Å²) in [5.41, 5.74) is 6.00. The number of rotatable bonds is 6. The van der Waals surface area contributed by atoms with Gasteiger partial charge in [0, 0.05) is 0 Å². The number of nitrogens with two attached hydrogens (primary N) is 1. The first kappa shape index (κ1) is 13.2. The summed E-state index contributed by atoms with van der Waals surface area (Å²) in [5.74, 6) is -0.923. The number of carbonyl (C=O) groups excluding carboxylic acids is 2. The molecular weight excluding hydrogens is 220 g/mol. The number of amides is 2. The van der Waals surface area contributed by atoms with Crippen molar-refractivity contribution >= 4 is 11.8 Å². The predicted molar refractivity (Wildman–Crippen MR) is 62.9 cm³/mol. The number of nitrogens with one attached hydrogen (secondary N) is 1. The van der Waals surface area contributed by atoms with Crippen LogP contribution in [0.15, 0.2) is 30.3 Å². The third-order valence-electron chi connectivity index (χ3n) is 2.15. The van der Waals surface area contributed by atoms with Crippen molar-refractivity contribution in [3.8, 4) is 0 Å². The lowest BCUT2D eigenvalue weighted by molar-refractivity contribution is -0.130. The highest BCUT2D eigenvalue weighted by atomic mass is 16.5. The Balaban J connectivity index is 2.23. The molecule has 1 aromatic carbocycles. The molecule has 0 saturated heterocycles. The third-order valence-corrected chi connectivity index (χ3v) is 2.15. The molecule has 0 aliphatic carbocycles. The van der Waals surface area contributed by atoms with Crippen LogP contribution in [0.5, 0.6) is 0 Å². The molecule has 5 heteroatoms. The van der Waals surface area contributed by atoms with Gasteiger partial charge in [-0.3, -0.25) is 9.59 Å². The van der Waals surface area contributed by atoms with Crippen LogP contribution in [0.3, 0.4) is 0 Å². The van der Waals surface area contributed by atoms with E-state index in [4.69, 9.17) is 10.5 Å². The Hall–Kier alpha value is -1.88. The number of benzene rings is 1. The molecule has 0 aromatic heterocycles. The zero-order valence-corrected chi connectivity index (χ0v) is 9.68. The van der Waals surface area contributed by atoms with Crippen molar-refractivity contribution in [3.05, 3.63) is 35.9 Å². The van der Waals surface area contributed by atoms with Gasteiger partial charge in [-0.05, 0) is 12.5 Å². The molecule has 0 heterocycles. The molecule has 2 amide bonds. The Bertz CT molecular complexity index is 379. The summed E-state index contributed by atoms with van der Waals surface area (Å²) in [7, 11) is 0. The summed E-state index contributed by atoms with van der Waals surface area (Å²) >= 11 is 0. The summed E-state index contributed by atoms with van der Waals surface area (Å²) in [6, 6.07) is 8.84. The van der Waals surface area contributed by atoms with E-state index < -0.39 is 11.9 Å². The van der Waals surface area contributed by atoms with E-state index in [9.17, 15) is 9.59 Å². The van der Waals surface area contributed by atoms with E-state index in [0.29, 0.717) is 6.61 Å². The largest absolute Gasteiger partial charge is 0.368 e. The predicted octanol–water partition coefficient (Wildman–Crippen LogP) is 0.193. The normalized spacial score (nSPS) is 11.8. The Morgan fingerprint density at radius 2 is 2.00 bits per heavy atom. The lowest BCUT2D eigenvalue weighted by Crippen LogP contribution is -2.43.